The minimum Gasteiger partial charge on any atom is -0.431 e. The Bertz CT molecular complexity index is 156. The van der Waals surface area contributed by atoms with Crippen molar-refractivity contribution >= 4 is 5.97 Å². The van der Waals surface area contributed by atoms with Crippen molar-refractivity contribution in [2.75, 3.05) is 13.1 Å². The minimum atomic E-state index is -0.381. The first-order valence-electron chi connectivity index (χ1n) is 3.60. The van der Waals surface area contributed by atoms with E-state index in [1.807, 2.05) is 0 Å². The van der Waals surface area contributed by atoms with Crippen LogP contribution in [-0.2, 0) is 9.53 Å². The third-order valence-electron chi connectivity index (χ3n) is 1.02. The second-order valence-corrected chi connectivity index (χ2v) is 2.17. The molecule has 0 saturated carbocycles. The Balaban J connectivity index is 3.68. The fourth-order valence-corrected chi connectivity index (χ4v) is 0.590. The van der Waals surface area contributed by atoms with Crippen LogP contribution in [0.2, 0.25) is 0 Å². The third-order valence-corrected chi connectivity index (χ3v) is 1.02. The molecule has 0 bridgehead atoms. The first-order valence-corrected chi connectivity index (χ1v) is 3.60. The second-order valence-electron chi connectivity index (χ2n) is 2.17. The molecule has 0 aliphatic heterocycles. The van der Waals surface area contributed by atoms with Crippen molar-refractivity contribution in [3.8, 4) is 0 Å². The summed E-state index contributed by atoms with van der Waals surface area (Å²) in [6.45, 7) is 12.1. The van der Waals surface area contributed by atoms with Crippen LogP contribution in [0.4, 0.5) is 0 Å². The van der Waals surface area contributed by atoms with Crippen LogP contribution in [-0.4, -0.2) is 24.0 Å². The first-order chi connectivity index (χ1) is 5.70. The summed E-state index contributed by atoms with van der Waals surface area (Å²) in [6.07, 6.45) is 3.39. The summed E-state index contributed by atoms with van der Waals surface area (Å²) in [5.41, 5.74) is 0. The van der Waals surface area contributed by atoms with Gasteiger partial charge in [0.25, 0.3) is 6.73 Å². The Morgan fingerprint density at radius 2 is 2.00 bits per heavy atom. The van der Waals surface area contributed by atoms with Crippen LogP contribution >= 0.6 is 0 Å². The SMILES string of the molecule is C=CCN([C]OC(C)=O)CC=C. The smallest absolute Gasteiger partial charge is 0.304 e. The van der Waals surface area contributed by atoms with E-state index in [1.165, 1.54) is 6.92 Å². The van der Waals surface area contributed by atoms with Gasteiger partial charge in [-0.15, -0.1) is 13.2 Å². The third kappa shape index (κ3) is 5.68. The predicted molar refractivity (Wildman–Crippen MR) is 47.0 cm³/mol. The van der Waals surface area contributed by atoms with Gasteiger partial charge in [-0.25, -0.2) is 4.90 Å². The Hall–Kier alpha value is -1.09. The van der Waals surface area contributed by atoms with Crippen LogP contribution in [0.3, 0.4) is 0 Å². The van der Waals surface area contributed by atoms with E-state index in [4.69, 9.17) is 0 Å². The molecule has 0 spiro atoms. The highest BCUT2D eigenvalue weighted by molar-refractivity contribution is 5.66. The van der Waals surface area contributed by atoms with Gasteiger partial charge in [0.2, 0.25) is 0 Å². The second kappa shape index (κ2) is 6.61. The molecule has 0 amide bonds. The van der Waals surface area contributed by atoms with Crippen LogP contribution in [0.25, 0.3) is 0 Å². The molecule has 0 aromatic carbocycles. The molecule has 66 valence electrons. The zero-order chi connectivity index (χ0) is 9.40. The molecular formula is C9H13NO2. The predicted octanol–water partition coefficient (Wildman–Crippen LogP) is 1.22. The number of hydrogen-bond donors (Lipinski definition) is 0. The minimum absolute atomic E-state index is 0.381. The summed E-state index contributed by atoms with van der Waals surface area (Å²) in [4.78, 5) is 12.0. The lowest BCUT2D eigenvalue weighted by Crippen LogP contribution is -2.23. The summed E-state index contributed by atoms with van der Waals surface area (Å²) in [6, 6.07) is 0. The van der Waals surface area contributed by atoms with Crippen molar-refractivity contribution in [2.45, 2.75) is 6.92 Å². The van der Waals surface area contributed by atoms with E-state index >= 15 is 0 Å². The maximum absolute atomic E-state index is 10.4. The van der Waals surface area contributed by atoms with Gasteiger partial charge in [0.05, 0.1) is 0 Å². The van der Waals surface area contributed by atoms with Gasteiger partial charge in [-0.2, -0.15) is 0 Å². The normalized spacial score (nSPS) is 9.50. The Morgan fingerprint density at radius 3 is 2.33 bits per heavy atom. The number of nitrogens with zero attached hydrogens (tertiary/aromatic N) is 1. The van der Waals surface area contributed by atoms with E-state index in [-0.39, 0.29) is 5.97 Å². The highest BCUT2D eigenvalue weighted by Gasteiger charge is 2.04. The van der Waals surface area contributed by atoms with Crippen LogP contribution in [0.5, 0.6) is 0 Å². The molecule has 0 N–H and O–H groups in total. The Morgan fingerprint density at radius 1 is 1.50 bits per heavy atom. The van der Waals surface area contributed by atoms with E-state index in [0.29, 0.717) is 13.1 Å². The van der Waals surface area contributed by atoms with E-state index < -0.39 is 0 Å². The summed E-state index contributed by atoms with van der Waals surface area (Å²) < 4.78 is 4.55. The molecule has 3 heteroatoms. The molecule has 0 fully saturated rings. The monoisotopic (exact) mass is 167 g/mol. The largest absolute Gasteiger partial charge is 0.431 e. The molecule has 0 unspecified atom stereocenters. The number of carbonyl (C=O) groups is 1. The fourth-order valence-electron chi connectivity index (χ4n) is 0.590. The number of hydrogen-bond acceptors (Lipinski definition) is 3. The van der Waals surface area contributed by atoms with Gasteiger partial charge in [-0.05, 0) is 0 Å². The average molecular weight is 167 g/mol. The van der Waals surface area contributed by atoms with E-state index in [2.05, 4.69) is 24.6 Å². The van der Waals surface area contributed by atoms with Crippen molar-refractivity contribution in [1.82, 2.24) is 4.90 Å². The molecule has 0 heterocycles. The molecule has 0 rings (SSSR count). The maximum Gasteiger partial charge on any atom is 0.304 e. The van der Waals surface area contributed by atoms with Gasteiger partial charge in [0.15, 0.2) is 0 Å². The summed E-state index contributed by atoms with van der Waals surface area (Å²) >= 11 is 0. The molecule has 0 atom stereocenters. The van der Waals surface area contributed by atoms with E-state index in [9.17, 15) is 4.79 Å². The van der Waals surface area contributed by atoms with Crippen molar-refractivity contribution in [3.05, 3.63) is 32.0 Å². The standard InChI is InChI=1S/C9H13NO2/c1-4-6-10(7-5-2)8-12-9(3)11/h4-5H,1-2,6-7H2,3H3. The Kier molecular flexibility index (Phi) is 6.01. The van der Waals surface area contributed by atoms with Gasteiger partial charge in [0.1, 0.15) is 0 Å². The van der Waals surface area contributed by atoms with Crippen molar-refractivity contribution in [1.29, 1.82) is 0 Å². The quantitative estimate of drug-likeness (QED) is 0.338. The van der Waals surface area contributed by atoms with Gasteiger partial charge >= 0.3 is 5.97 Å². The molecule has 12 heavy (non-hydrogen) atoms. The number of ether oxygens (including phenoxy) is 1. The maximum atomic E-state index is 10.4. The van der Waals surface area contributed by atoms with Crippen LogP contribution in [0.15, 0.2) is 25.3 Å². The number of carbonyl (C=O) groups excluding carboxylic acids is 1. The number of esters is 1. The van der Waals surface area contributed by atoms with Crippen molar-refractivity contribution in [2.24, 2.45) is 0 Å². The molecule has 0 saturated heterocycles. The Labute approximate surface area is 73.3 Å². The topological polar surface area (TPSA) is 29.5 Å². The van der Waals surface area contributed by atoms with Gasteiger partial charge in [-0.3, -0.25) is 4.79 Å². The molecule has 2 radical (unpaired) electrons. The lowest BCUT2D eigenvalue weighted by atomic mass is 10.5. The lowest BCUT2D eigenvalue weighted by molar-refractivity contribution is -0.140. The summed E-state index contributed by atoms with van der Waals surface area (Å²) in [7, 11) is 0. The van der Waals surface area contributed by atoms with Crippen molar-refractivity contribution in [3.63, 3.8) is 0 Å². The molecular weight excluding hydrogens is 154 g/mol. The van der Waals surface area contributed by atoms with E-state index in [1.54, 1.807) is 17.1 Å². The highest BCUT2D eigenvalue weighted by Crippen LogP contribution is 1.95. The van der Waals surface area contributed by atoms with Crippen LogP contribution in [0.1, 0.15) is 6.92 Å². The lowest BCUT2D eigenvalue weighted by Gasteiger charge is -2.14. The van der Waals surface area contributed by atoms with Crippen LogP contribution in [0, 0.1) is 6.73 Å². The summed E-state index contributed by atoms with van der Waals surface area (Å²) in [5.74, 6) is -0.381. The van der Waals surface area contributed by atoms with Gasteiger partial charge in [-0.1, -0.05) is 12.2 Å². The van der Waals surface area contributed by atoms with E-state index in [0.717, 1.165) is 0 Å². The highest BCUT2D eigenvalue weighted by atomic mass is 16.5. The number of rotatable bonds is 6. The molecule has 0 aliphatic carbocycles. The molecule has 3 nitrogen and oxygen atoms in total. The summed E-state index contributed by atoms with van der Waals surface area (Å²) in [5, 5.41) is 0. The van der Waals surface area contributed by atoms with Gasteiger partial charge in [0, 0.05) is 20.0 Å². The average Bonchev–Trinajstić information content (AvgIpc) is 2.01. The first kappa shape index (κ1) is 10.9. The molecule has 0 aliphatic rings. The molecule has 0 aromatic rings. The van der Waals surface area contributed by atoms with Crippen LogP contribution < -0.4 is 0 Å². The zero-order valence-corrected chi connectivity index (χ0v) is 7.25. The fraction of sp³-hybridized carbons (Fsp3) is 0.333. The van der Waals surface area contributed by atoms with Crippen molar-refractivity contribution < 1.29 is 9.53 Å². The molecule has 0 aromatic heterocycles. The zero-order valence-electron chi connectivity index (χ0n) is 7.25. The van der Waals surface area contributed by atoms with Gasteiger partial charge < -0.3 is 4.74 Å².